The molecule has 7 nitrogen and oxygen atoms in total. The van der Waals surface area contributed by atoms with Crippen LogP contribution < -0.4 is 10.2 Å². The lowest BCUT2D eigenvalue weighted by Gasteiger charge is -2.35. The SMILES string of the molecule is O=C1CN(C(=O)C2CCN(S(=O)(=O)Cc3ccc(F)cc3)CC2)c2ccccc2N1. The third-order valence-electron chi connectivity index (χ3n) is 5.50. The van der Waals surface area contributed by atoms with E-state index in [0.29, 0.717) is 29.8 Å². The van der Waals surface area contributed by atoms with Gasteiger partial charge in [-0.3, -0.25) is 9.59 Å². The second-order valence-electron chi connectivity index (χ2n) is 7.55. The topological polar surface area (TPSA) is 86.8 Å². The summed E-state index contributed by atoms with van der Waals surface area (Å²) in [6.07, 6.45) is 0.781. The number of sulfonamides is 1. The zero-order valence-electron chi connectivity index (χ0n) is 16.3. The van der Waals surface area contributed by atoms with Gasteiger partial charge in [-0.05, 0) is 42.7 Å². The minimum atomic E-state index is -3.56. The van der Waals surface area contributed by atoms with Crippen molar-refractivity contribution in [2.75, 3.05) is 29.9 Å². The summed E-state index contributed by atoms with van der Waals surface area (Å²) in [4.78, 5) is 26.6. The molecule has 0 radical (unpaired) electrons. The number of halogens is 1. The molecule has 2 aromatic rings. The van der Waals surface area contributed by atoms with Gasteiger partial charge in [0, 0.05) is 19.0 Å². The van der Waals surface area contributed by atoms with Crippen LogP contribution in [-0.4, -0.2) is 44.2 Å². The number of carbonyl (C=O) groups is 2. The van der Waals surface area contributed by atoms with Crippen molar-refractivity contribution in [3.8, 4) is 0 Å². The monoisotopic (exact) mass is 431 g/mol. The van der Waals surface area contributed by atoms with Crippen LogP contribution in [0.2, 0.25) is 0 Å². The van der Waals surface area contributed by atoms with Crippen molar-refractivity contribution < 1.29 is 22.4 Å². The van der Waals surface area contributed by atoms with Crippen molar-refractivity contribution in [1.29, 1.82) is 0 Å². The third-order valence-corrected chi connectivity index (χ3v) is 7.35. The van der Waals surface area contributed by atoms with Gasteiger partial charge in [0.25, 0.3) is 0 Å². The summed E-state index contributed by atoms with van der Waals surface area (Å²) in [6, 6.07) is 12.5. The van der Waals surface area contributed by atoms with Gasteiger partial charge in [0.15, 0.2) is 0 Å². The van der Waals surface area contributed by atoms with Gasteiger partial charge in [0.1, 0.15) is 12.4 Å². The minimum Gasteiger partial charge on any atom is -0.323 e. The molecule has 0 atom stereocenters. The first-order valence-electron chi connectivity index (χ1n) is 9.76. The number of amides is 2. The van der Waals surface area contributed by atoms with Crippen molar-refractivity contribution >= 4 is 33.2 Å². The standard InChI is InChI=1S/C21H22FN3O4S/c22-17-7-5-15(6-8-17)14-30(28,29)24-11-9-16(10-12-24)21(27)25-13-20(26)23-18-3-1-2-4-19(18)25/h1-8,16H,9-14H2,(H,23,26). The third kappa shape index (κ3) is 4.22. The van der Waals surface area contributed by atoms with Crippen LogP contribution in [0.4, 0.5) is 15.8 Å². The Morgan fingerprint density at radius 1 is 1.07 bits per heavy atom. The Hall–Kier alpha value is -2.78. The van der Waals surface area contributed by atoms with Gasteiger partial charge in [0.2, 0.25) is 21.8 Å². The Morgan fingerprint density at radius 3 is 2.43 bits per heavy atom. The number of rotatable bonds is 4. The number of nitrogens with zero attached hydrogens (tertiary/aromatic N) is 2. The fourth-order valence-corrected chi connectivity index (χ4v) is 5.48. The maximum Gasteiger partial charge on any atom is 0.244 e. The molecule has 1 fully saturated rings. The Morgan fingerprint density at radius 2 is 1.73 bits per heavy atom. The van der Waals surface area contributed by atoms with E-state index in [4.69, 9.17) is 0 Å². The highest BCUT2D eigenvalue weighted by Gasteiger charge is 2.35. The molecule has 2 aromatic carbocycles. The summed E-state index contributed by atoms with van der Waals surface area (Å²) in [7, 11) is -3.56. The molecule has 0 spiro atoms. The van der Waals surface area contributed by atoms with E-state index >= 15 is 0 Å². The van der Waals surface area contributed by atoms with E-state index in [1.165, 1.54) is 33.5 Å². The molecule has 0 aromatic heterocycles. The highest BCUT2D eigenvalue weighted by molar-refractivity contribution is 7.88. The Bertz CT molecular complexity index is 1060. The van der Waals surface area contributed by atoms with Crippen LogP contribution in [0.15, 0.2) is 48.5 Å². The molecular formula is C21H22FN3O4S. The molecule has 30 heavy (non-hydrogen) atoms. The lowest BCUT2D eigenvalue weighted by Crippen LogP contribution is -2.48. The lowest BCUT2D eigenvalue weighted by molar-refractivity contribution is -0.125. The van der Waals surface area contributed by atoms with Crippen LogP contribution in [-0.2, 0) is 25.4 Å². The zero-order valence-corrected chi connectivity index (χ0v) is 17.1. The van der Waals surface area contributed by atoms with Crippen molar-refractivity contribution in [3.05, 3.63) is 59.9 Å². The van der Waals surface area contributed by atoms with Gasteiger partial charge in [-0.15, -0.1) is 0 Å². The van der Waals surface area contributed by atoms with Crippen LogP contribution >= 0.6 is 0 Å². The van der Waals surface area contributed by atoms with Crippen LogP contribution in [0, 0.1) is 11.7 Å². The van der Waals surface area contributed by atoms with Crippen LogP contribution in [0.5, 0.6) is 0 Å². The Balaban J connectivity index is 1.41. The predicted molar refractivity (Wildman–Crippen MR) is 111 cm³/mol. The number of nitrogens with one attached hydrogen (secondary N) is 1. The van der Waals surface area contributed by atoms with Gasteiger partial charge in [-0.1, -0.05) is 24.3 Å². The highest BCUT2D eigenvalue weighted by Crippen LogP contribution is 2.32. The number of anilines is 2. The van der Waals surface area contributed by atoms with E-state index in [1.54, 1.807) is 24.3 Å². The number of hydrogen-bond acceptors (Lipinski definition) is 4. The molecule has 0 unspecified atom stereocenters. The first-order chi connectivity index (χ1) is 14.3. The molecule has 2 aliphatic heterocycles. The fraction of sp³-hybridized carbons (Fsp3) is 0.333. The van der Waals surface area contributed by atoms with Gasteiger partial charge in [-0.25, -0.2) is 17.1 Å². The van der Waals surface area contributed by atoms with E-state index in [1.807, 2.05) is 0 Å². The van der Waals surface area contributed by atoms with Gasteiger partial charge >= 0.3 is 0 Å². The van der Waals surface area contributed by atoms with Gasteiger partial charge in [-0.2, -0.15) is 0 Å². The van der Waals surface area contributed by atoms with E-state index < -0.39 is 15.8 Å². The molecule has 1 saturated heterocycles. The molecule has 2 heterocycles. The van der Waals surface area contributed by atoms with Crippen LogP contribution in [0.1, 0.15) is 18.4 Å². The van der Waals surface area contributed by atoms with Crippen molar-refractivity contribution in [1.82, 2.24) is 4.31 Å². The summed E-state index contributed by atoms with van der Waals surface area (Å²) in [5.74, 6) is -1.37. The Kier molecular flexibility index (Phi) is 5.57. The highest BCUT2D eigenvalue weighted by atomic mass is 32.2. The average Bonchev–Trinajstić information content (AvgIpc) is 2.74. The number of carbonyl (C=O) groups excluding carboxylic acids is 2. The second-order valence-corrected chi connectivity index (χ2v) is 9.51. The summed E-state index contributed by atoms with van der Waals surface area (Å²) in [5.41, 5.74) is 1.78. The Labute approximate surface area is 174 Å². The number of piperidine rings is 1. The number of hydrogen-bond donors (Lipinski definition) is 1. The van der Waals surface area contributed by atoms with E-state index in [9.17, 15) is 22.4 Å². The number of fused-ring (bicyclic) bond motifs is 1. The quantitative estimate of drug-likeness (QED) is 0.805. The van der Waals surface area contributed by atoms with Crippen molar-refractivity contribution in [2.24, 2.45) is 5.92 Å². The van der Waals surface area contributed by atoms with Crippen LogP contribution in [0.25, 0.3) is 0 Å². The molecule has 1 N–H and O–H groups in total. The smallest absolute Gasteiger partial charge is 0.244 e. The normalized spacial score (nSPS) is 18.0. The van der Waals surface area contributed by atoms with E-state index in [2.05, 4.69) is 5.32 Å². The first kappa shape index (κ1) is 20.5. The van der Waals surface area contributed by atoms with E-state index in [0.717, 1.165) is 0 Å². The molecule has 158 valence electrons. The van der Waals surface area contributed by atoms with Crippen LogP contribution in [0.3, 0.4) is 0 Å². The zero-order chi connectivity index (χ0) is 21.3. The minimum absolute atomic E-state index is 0.0427. The maximum absolute atomic E-state index is 13.1. The van der Waals surface area contributed by atoms with Crippen molar-refractivity contribution in [2.45, 2.75) is 18.6 Å². The average molecular weight is 431 g/mol. The molecular weight excluding hydrogens is 409 g/mol. The van der Waals surface area contributed by atoms with Crippen molar-refractivity contribution in [3.63, 3.8) is 0 Å². The maximum atomic E-state index is 13.1. The van der Waals surface area contributed by atoms with E-state index in [-0.39, 0.29) is 43.1 Å². The predicted octanol–water partition coefficient (Wildman–Crippen LogP) is 2.35. The first-order valence-corrected chi connectivity index (χ1v) is 11.4. The number of benzene rings is 2. The summed E-state index contributed by atoms with van der Waals surface area (Å²) in [5, 5.41) is 2.76. The number of para-hydroxylation sites is 2. The summed E-state index contributed by atoms with van der Waals surface area (Å²) in [6.45, 7) is 0.433. The van der Waals surface area contributed by atoms with Gasteiger partial charge < -0.3 is 10.2 Å². The molecule has 9 heteroatoms. The molecule has 2 aliphatic rings. The summed E-state index contributed by atoms with van der Waals surface area (Å²) < 4.78 is 39.8. The largest absolute Gasteiger partial charge is 0.323 e. The fourth-order valence-electron chi connectivity index (χ4n) is 3.91. The molecule has 0 bridgehead atoms. The lowest BCUT2D eigenvalue weighted by atomic mass is 9.95. The molecule has 4 rings (SSSR count). The summed E-state index contributed by atoms with van der Waals surface area (Å²) >= 11 is 0. The molecule has 0 aliphatic carbocycles. The van der Waals surface area contributed by atoms with Gasteiger partial charge in [0.05, 0.1) is 17.1 Å². The second kappa shape index (κ2) is 8.16. The molecule has 0 saturated carbocycles. The molecule has 2 amide bonds.